The lowest BCUT2D eigenvalue weighted by atomic mass is 10.0. The Balaban J connectivity index is 1.99. The van der Waals surface area contributed by atoms with Crippen molar-refractivity contribution < 1.29 is 0 Å². The minimum atomic E-state index is 0.761. The van der Waals surface area contributed by atoms with Gasteiger partial charge in [-0.1, -0.05) is 31.2 Å². The minimum absolute atomic E-state index is 0.761. The van der Waals surface area contributed by atoms with E-state index in [2.05, 4.69) is 41.0 Å². The third-order valence-electron chi connectivity index (χ3n) is 4.18. The summed E-state index contributed by atoms with van der Waals surface area (Å²) in [7, 11) is 0. The maximum atomic E-state index is 9.23. The topological polar surface area (TPSA) is 30.3 Å². The molecule has 0 aromatic heterocycles. The summed E-state index contributed by atoms with van der Waals surface area (Å²) in [5.41, 5.74) is 2.02. The second kappa shape index (κ2) is 5.52. The molecule has 0 amide bonds. The fourth-order valence-electron chi connectivity index (χ4n) is 2.96. The van der Waals surface area contributed by atoms with Gasteiger partial charge in [-0.05, 0) is 18.7 Å². The van der Waals surface area contributed by atoms with Gasteiger partial charge in [0.15, 0.2) is 0 Å². The van der Waals surface area contributed by atoms with Crippen LogP contribution in [0.1, 0.15) is 12.5 Å². The molecule has 1 fully saturated rings. The quantitative estimate of drug-likeness (QED) is 0.836. The van der Waals surface area contributed by atoms with Gasteiger partial charge >= 0.3 is 0 Å². The predicted molar refractivity (Wildman–Crippen MR) is 83.0 cm³/mol. The average molecular weight is 265 g/mol. The summed E-state index contributed by atoms with van der Waals surface area (Å²) in [6.07, 6.45) is 0. The average Bonchev–Trinajstić information content (AvgIpc) is 2.54. The molecule has 0 atom stereocenters. The van der Waals surface area contributed by atoms with Crippen LogP contribution in [0.15, 0.2) is 36.4 Å². The first-order valence-corrected chi connectivity index (χ1v) is 7.22. The molecule has 1 saturated heterocycles. The van der Waals surface area contributed by atoms with Crippen molar-refractivity contribution in [2.75, 3.05) is 37.6 Å². The summed E-state index contributed by atoms with van der Waals surface area (Å²) < 4.78 is 0. The second-order valence-corrected chi connectivity index (χ2v) is 5.21. The lowest BCUT2D eigenvalue weighted by Crippen LogP contribution is -2.46. The molecule has 102 valence electrons. The number of hydrogen-bond donors (Lipinski definition) is 0. The van der Waals surface area contributed by atoms with Crippen molar-refractivity contribution in [1.29, 1.82) is 5.26 Å². The van der Waals surface area contributed by atoms with Gasteiger partial charge in [0.2, 0.25) is 0 Å². The highest BCUT2D eigenvalue weighted by Crippen LogP contribution is 2.29. The Labute approximate surface area is 120 Å². The third-order valence-corrected chi connectivity index (χ3v) is 4.18. The number of nitriles is 1. The molecule has 0 bridgehead atoms. The SMILES string of the molecule is CCN1CCN(c2ccc(C#N)c3ccccc23)CC1. The number of nitrogens with zero attached hydrogens (tertiary/aromatic N) is 3. The van der Waals surface area contributed by atoms with E-state index >= 15 is 0 Å². The highest BCUT2D eigenvalue weighted by Gasteiger charge is 2.18. The van der Waals surface area contributed by atoms with Crippen LogP contribution in [0.5, 0.6) is 0 Å². The molecule has 0 unspecified atom stereocenters. The smallest absolute Gasteiger partial charge is 0.0998 e. The van der Waals surface area contributed by atoms with Gasteiger partial charge in [-0.3, -0.25) is 0 Å². The van der Waals surface area contributed by atoms with E-state index in [1.54, 1.807) is 0 Å². The molecule has 0 aliphatic carbocycles. The van der Waals surface area contributed by atoms with Crippen molar-refractivity contribution in [3.8, 4) is 6.07 Å². The van der Waals surface area contributed by atoms with Crippen LogP contribution in [-0.4, -0.2) is 37.6 Å². The van der Waals surface area contributed by atoms with Gasteiger partial charge in [-0.25, -0.2) is 0 Å². The molecule has 0 radical (unpaired) electrons. The third kappa shape index (κ3) is 2.23. The minimum Gasteiger partial charge on any atom is -0.368 e. The summed E-state index contributed by atoms with van der Waals surface area (Å²) in [4.78, 5) is 4.91. The van der Waals surface area contributed by atoms with Crippen molar-refractivity contribution in [2.45, 2.75) is 6.92 Å². The van der Waals surface area contributed by atoms with Crippen LogP contribution in [0.3, 0.4) is 0 Å². The standard InChI is InChI=1S/C17H19N3/c1-2-19-9-11-20(12-10-19)17-8-7-14(13-18)15-5-3-4-6-16(15)17/h3-8H,2,9-12H2,1H3. The van der Waals surface area contributed by atoms with Gasteiger partial charge in [0.1, 0.15) is 0 Å². The first-order valence-electron chi connectivity index (χ1n) is 7.22. The van der Waals surface area contributed by atoms with Crippen LogP contribution in [0.4, 0.5) is 5.69 Å². The van der Waals surface area contributed by atoms with Crippen LogP contribution in [0.25, 0.3) is 10.8 Å². The van der Waals surface area contributed by atoms with Gasteiger partial charge in [-0.2, -0.15) is 5.26 Å². The predicted octanol–water partition coefficient (Wildman–Crippen LogP) is 2.85. The zero-order chi connectivity index (χ0) is 13.9. The molecule has 1 heterocycles. The highest BCUT2D eigenvalue weighted by molar-refractivity contribution is 5.97. The summed E-state index contributed by atoms with van der Waals surface area (Å²) in [5.74, 6) is 0. The fraction of sp³-hybridized carbons (Fsp3) is 0.353. The van der Waals surface area contributed by atoms with Gasteiger partial charge in [-0.15, -0.1) is 0 Å². The van der Waals surface area contributed by atoms with Crippen LogP contribution in [-0.2, 0) is 0 Å². The lowest BCUT2D eigenvalue weighted by molar-refractivity contribution is 0.271. The van der Waals surface area contributed by atoms with E-state index in [1.807, 2.05) is 18.2 Å². The Morgan fingerprint density at radius 2 is 1.70 bits per heavy atom. The van der Waals surface area contributed by atoms with Crippen molar-refractivity contribution in [3.05, 3.63) is 42.0 Å². The van der Waals surface area contributed by atoms with E-state index in [0.29, 0.717) is 0 Å². The van der Waals surface area contributed by atoms with E-state index in [1.165, 1.54) is 11.1 Å². The van der Waals surface area contributed by atoms with Crippen molar-refractivity contribution in [3.63, 3.8) is 0 Å². The summed E-state index contributed by atoms with van der Waals surface area (Å²) in [6.45, 7) is 7.69. The second-order valence-electron chi connectivity index (χ2n) is 5.21. The van der Waals surface area contributed by atoms with Crippen LogP contribution < -0.4 is 4.90 Å². The molecule has 2 aromatic rings. The number of anilines is 1. The first kappa shape index (κ1) is 13.0. The molecular weight excluding hydrogens is 246 g/mol. The Hall–Kier alpha value is -2.05. The molecule has 0 N–H and O–H groups in total. The summed E-state index contributed by atoms with van der Waals surface area (Å²) >= 11 is 0. The van der Waals surface area contributed by atoms with E-state index in [4.69, 9.17) is 0 Å². The van der Waals surface area contributed by atoms with Gasteiger partial charge in [0.25, 0.3) is 0 Å². The molecule has 3 rings (SSSR count). The molecule has 3 nitrogen and oxygen atoms in total. The highest BCUT2D eigenvalue weighted by atomic mass is 15.3. The molecular formula is C17H19N3. The monoisotopic (exact) mass is 265 g/mol. The molecule has 1 aliphatic heterocycles. The number of hydrogen-bond acceptors (Lipinski definition) is 3. The Morgan fingerprint density at radius 1 is 1.00 bits per heavy atom. The van der Waals surface area contributed by atoms with Gasteiger partial charge < -0.3 is 9.80 Å². The zero-order valence-electron chi connectivity index (χ0n) is 11.8. The number of benzene rings is 2. The van der Waals surface area contributed by atoms with Crippen LogP contribution in [0, 0.1) is 11.3 Å². The Bertz CT molecular complexity index is 649. The number of likely N-dealkylation sites (N-methyl/N-ethyl adjacent to an activating group) is 1. The number of rotatable bonds is 2. The zero-order valence-corrected chi connectivity index (χ0v) is 11.8. The first-order chi connectivity index (χ1) is 9.83. The molecule has 2 aromatic carbocycles. The van der Waals surface area contributed by atoms with Crippen LogP contribution >= 0.6 is 0 Å². The van der Waals surface area contributed by atoms with Gasteiger partial charge in [0, 0.05) is 42.6 Å². The Kier molecular flexibility index (Phi) is 3.58. The molecule has 20 heavy (non-hydrogen) atoms. The van der Waals surface area contributed by atoms with E-state index in [9.17, 15) is 5.26 Å². The number of piperazine rings is 1. The number of fused-ring (bicyclic) bond motifs is 1. The van der Waals surface area contributed by atoms with E-state index in [-0.39, 0.29) is 0 Å². The molecule has 0 saturated carbocycles. The normalized spacial score (nSPS) is 16.3. The molecule has 1 aliphatic rings. The molecule has 3 heteroatoms. The maximum Gasteiger partial charge on any atom is 0.0998 e. The lowest BCUT2D eigenvalue weighted by Gasteiger charge is -2.36. The fourth-order valence-corrected chi connectivity index (χ4v) is 2.96. The van der Waals surface area contributed by atoms with Crippen molar-refractivity contribution in [1.82, 2.24) is 4.90 Å². The van der Waals surface area contributed by atoms with Crippen molar-refractivity contribution in [2.24, 2.45) is 0 Å². The summed E-state index contributed by atoms with van der Waals surface area (Å²) in [5, 5.41) is 11.5. The summed E-state index contributed by atoms with van der Waals surface area (Å²) in [6, 6.07) is 14.6. The van der Waals surface area contributed by atoms with Crippen molar-refractivity contribution >= 4 is 16.5 Å². The largest absolute Gasteiger partial charge is 0.368 e. The van der Waals surface area contributed by atoms with E-state index < -0.39 is 0 Å². The van der Waals surface area contributed by atoms with E-state index in [0.717, 1.165) is 43.7 Å². The Morgan fingerprint density at radius 3 is 2.35 bits per heavy atom. The molecule has 0 spiro atoms. The van der Waals surface area contributed by atoms with Gasteiger partial charge in [0.05, 0.1) is 11.6 Å². The maximum absolute atomic E-state index is 9.23. The van der Waals surface area contributed by atoms with Crippen LogP contribution in [0.2, 0.25) is 0 Å².